The summed E-state index contributed by atoms with van der Waals surface area (Å²) in [4.78, 5) is 6.78. The molecule has 0 aliphatic carbocycles. The second-order valence-corrected chi connectivity index (χ2v) is 10.3. The molecule has 0 amide bonds. The lowest BCUT2D eigenvalue weighted by Gasteiger charge is -2.14. The number of benzene rings is 1. The van der Waals surface area contributed by atoms with Crippen molar-refractivity contribution in [1.29, 1.82) is 0 Å². The third kappa shape index (κ3) is 5.79. The van der Waals surface area contributed by atoms with Gasteiger partial charge in [-0.3, -0.25) is 5.43 Å². The SMILES string of the molecule is Cc1c(Cl)cccc1N=C1NN=C(c2ccc(CCNS(C)(=O)=O)s2)CS1. The van der Waals surface area contributed by atoms with Gasteiger partial charge in [0.25, 0.3) is 0 Å². The van der Waals surface area contributed by atoms with Gasteiger partial charge in [0.2, 0.25) is 10.0 Å². The van der Waals surface area contributed by atoms with Crippen molar-refractivity contribution in [2.24, 2.45) is 10.1 Å². The fourth-order valence-corrected chi connectivity index (χ4v) is 4.85. The van der Waals surface area contributed by atoms with Gasteiger partial charge in [-0.15, -0.1) is 11.3 Å². The number of hydrazone groups is 1. The van der Waals surface area contributed by atoms with E-state index in [1.807, 2.05) is 37.3 Å². The third-order valence-electron chi connectivity index (χ3n) is 3.77. The minimum Gasteiger partial charge on any atom is -0.255 e. The van der Waals surface area contributed by atoms with Crippen LogP contribution in [-0.2, 0) is 16.4 Å². The number of nitrogens with one attached hydrogen (secondary N) is 2. The molecule has 1 aromatic heterocycles. The monoisotopic (exact) mass is 442 g/mol. The van der Waals surface area contributed by atoms with Gasteiger partial charge in [0.05, 0.1) is 22.5 Å². The molecule has 0 unspecified atom stereocenters. The lowest BCUT2D eigenvalue weighted by atomic mass is 10.2. The largest absolute Gasteiger partial charge is 0.255 e. The van der Waals surface area contributed by atoms with E-state index in [9.17, 15) is 8.42 Å². The van der Waals surface area contributed by atoms with Crippen molar-refractivity contribution in [3.05, 3.63) is 50.7 Å². The first-order valence-electron chi connectivity index (χ1n) is 8.15. The number of amidine groups is 1. The van der Waals surface area contributed by atoms with Crippen molar-refractivity contribution in [2.75, 3.05) is 18.6 Å². The highest BCUT2D eigenvalue weighted by atomic mass is 35.5. The molecule has 3 rings (SSSR count). The molecule has 6 nitrogen and oxygen atoms in total. The van der Waals surface area contributed by atoms with Crippen LogP contribution in [0.5, 0.6) is 0 Å². The number of halogens is 1. The fourth-order valence-electron chi connectivity index (χ4n) is 2.35. The number of aliphatic imine (C=N–C) groups is 1. The molecular formula is C17H19ClN4O2S3. The number of hydrogen-bond donors (Lipinski definition) is 2. The zero-order valence-electron chi connectivity index (χ0n) is 14.8. The maximum absolute atomic E-state index is 11.1. The van der Waals surface area contributed by atoms with Crippen molar-refractivity contribution in [2.45, 2.75) is 13.3 Å². The Balaban J connectivity index is 1.64. The number of thiophene rings is 1. The first-order valence-corrected chi connectivity index (χ1v) is 12.2. The molecule has 1 aromatic carbocycles. The summed E-state index contributed by atoms with van der Waals surface area (Å²) in [7, 11) is -3.15. The van der Waals surface area contributed by atoms with E-state index in [1.165, 1.54) is 0 Å². The van der Waals surface area contributed by atoms with E-state index in [2.05, 4.69) is 20.2 Å². The molecule has 0 atom stereocenters. The molecule has 1 aliphatic rings. The van der Waals surface area contributed by atoms with Crippen LogP contribution in [0.2, 0.25) is 5.02 Å². The molecule has 0 fully saturated rings. The van der Waals surface area contributed by atoms with Gasteiger partial charge in [-0.1, -0.05) is 29.4 Å². The lowest BCUT2D eigenvalue weighted by molar-refractivity contribution is 0.588. The van der Waals surface area contributed by atoms with Crippen molar-refractivity contribution in [1.82, 2.24) is 10.1 Å². The van der Waals surface area contributed by atoms with Crippen molar-refractivity contribution < 1.29 is 8.42 Å². The Kier molecular flexibility index (Phi) is 6.59. The van der Waals surface area contributed by atoms with Gasteiger partial charge < -0.3 is 0 Å². The van der Waals surface area contributed by atoms with Crippen LogP contribution in [0.1, 0.15) is 15.3 Å². The maximum Gasteiger partial charge on any atom is 0.208 e. The van der Waals surface area contributed by atoms with Crippen LogP contribution in [0.4, 0.5) is 5.69 Å². The number of hydrogen-bond acceptors (Lipinski definition) is 6. The highest BCUT2D eigenvalue weighted by Crippen LogP contribution is 2.27. The molecule has 2 heterocycles. The second kappa shape index (κ2) is 8.74. The zero-order chi connectivity index (χ0) is 19.4. The van der Waals surface area contributed by atoms with Gasteiger partial charge in [0.15, 0.2) is 5.17 Å². The number of sulfonamides is 1. The van der Waals surface area contributed by atoms with Crippen LogP contribution in [-0.4, -0.2) is 37.9 Å². The van der Waals surface area contributed by atoms with E-state index in [1.54, 1.807) is 23.1 Å². The molecule has 0 saturated carbocycles. The highest BCUT2D eigenvalue weighted by molar-refractivity contribution is 8.14. The van der Waals surface area contributed by atoms with E-state index in [4.69, 9.17) is 11.6 Å². The molecule has 1 aliphatic heterocycles. The Morgan fingerprint density at radius 2 is 2.15 bits per heavy atom. The van der Waals surface area contributed by atoms with Crippen molar-refractivity contribution in [3.63, 3.8) is 0 Å². The maximum atomic E-state index is 11.1. The molecule has 0 bridgehead atoms. The summed E-state index contributed by atoms with van der Waals surface area (Å²) in [6.07, 6.45) is 1.82. The van der Waals surface area contributed by atoms with E-state index in [0.717, 1.165) is 38.1 Å². The zero-order valence-corrected chi connectivity index (χ0v) is 18.0. The molecule has 0 saturated heterocycles. The van der Waals surface area contributed by atoms with E-state index < -0.39 is 10.0 Å². The Morgan fingerprint density at radius 1 is 1.33 bits per heavy atom. The fraction of sp³-hybridized carbons (Fsp3) is 0.294. The van der Waals surface area contributed by atoms with Crippen LogP contribution in [0, 0.1) is 6.92 Å². The van der Waals surface area contributed by atoms with Crippen LogP contribution >= 0.6 is 34.7 Å². The van der Waals surface area contributed by atoms with Crippen LogP contribution in [0.3, 0.4) is 0 Å². The van der Waals surface area contributed by atoms with Gasteiger partial charge >= 0.3 is 0 Å². The summed E-state index contributed by atoms with van der Waals surface area (Å²) in [5.41, 5.74) is 5.73. The molecule has 10 heteroatoms. The summed E-state index contributed by atoms with van der Waals surface area (Å²) in [6.45, 7) is 2.34. The summed E-state index contributed by atoms with van der Waals surface area (Å²) >= 11 is 9.35. The average molecular weight is 443 g/mol. The van der Waals surface area contributed by atoms with Crippen molar-refractivity contribution >= 4 is 61.3 Å². The lowest BCUT2D eigenvalue weighted by Crippen LogP contribution is -2.24. The standard InChI is InChI=1S/C17H19ClN4O2S3/c1-11-13(18)4-3-5-14(11)20-17-22-21-15(10-25-17)16-7-6-12(26-16)8-9-19-27(2,23)24/h3-7,19H,8-10H2,1-2H3,(H,20,22). The topological polar surface area (TPSA) is 82.9 Å². The minimum absolute atomic E-state index is 0.397. The van der Waals surface area contributed by atoms with Crippen LogP contribution in [0.15, 0.2) is 40.4 Å². The summed E-state index contributed by atoms with van der Waals surface area (Å²) < 4.78 is 24.7. The van der Waals surface area contributed by atoms with Gasteiger partial charge in [-0.2, -0.15) is 5.10 Å². The Morgan fingerprint density at radius 3 is 2.85 bits per heavy atom. The summed E-state index contributed by atoms with van der Waals surface area (Å²) in [6, 6.07) is 9.67. The van der Waals surface area contributed by atoms with Gasteiger partial charge in [-0.25, -0.2) is 18.1 Å². The number of thioether (sulfide) groups is 1. The first kappa shape index (κ1) is 20.3. The Bertz CT molecular complexity index is 999. The third-order valence-corrected chi connectivity index (χ3v) is 6.98. The predicted octanol–water partition coefficient (Wildman–Crippen LogP) is 3.53. The first-order chi connectivity index (χ1) is 12.8. The molecule has 0 spiro atoms. The molecule has 0 radical (unpaired) electrons. The van der Waals surface area contributed by atoms with E-state index in [-0.39, 0.29) is 0 Å². The molecular weight excluding hydrogens is 424 g/mol. The quantitative estimate of drug-likeness (QED) is 0.716. The average Bonchev–Trinajstić information content (AvgIpc) is 3.07. The molecule has 2 aromatic rings. The number of rotatable bonds is 6. The van der Waals surface area contributed by atoms with Crippen molar-refractivity contribution in [3.8, 4) is 0 Å². The van der Waals surface area contributed by atoms with E-state index in [0.29, 0.717) is 23.7 Å². The Hall–Kier alpha value is -1.39. The van der Waals surface area contributed by atoms with Gasteiger partial charge in [-0.05, 0) is 43.2 Å². The van der Waals surface area contributed by atoms with Gasteiger partial charge in [0, 0.05) is 22.2 Å². The molecule has 27 heavy (non-hydrogen) atoms. The molecule has 144 valence electrons. The van der Waals surface area contributed by atoms with Crippen LogP contribution in [0.25, 0.3) is 0 Å². The smallest absolute Gasteiger partial charge is 0.208 e. The normalized spacial score (nSPS) is 16.3. The second-order valence-electron chi connectivity index (χ2n) is 5.94. The summed E-state index contributed by atoms with van der Waals surface area (Å²) in [5.74, 6) is 0.715. The van der Waals surface area contributed by atoms with Gasteiger partial charge in [0.1, 0.15) is 0 Å². The summed E-state index contributed by atoms with van der Waals surface area (Å²) in [5, 5.41) is 5.87. The molecule has 2 N–H and O–H groups in total. The Labute approximate surface area is 172 Å². The number of nitrogens with zero attached hydrogens (tertiary/aromatic N) is 2. The highest BCUT2D eigenvalue weighted by Gasteiger charge is 2.15. The van der Waals surface area contributed by atoms with Crippen LogP contribution < -0.4 is 10.1 Å². The minimum atomic E-state index is -3.15. The predicted molar refractivity (Wildman–Crippen MR) is 116 cm³/mol. The van der Waals surface area contributed by atoms with E-state index >= 15 is 0 Å².